The van der Waals surface area contributed by atoms with Gasteiger partial charge in [-0.05, 0) is 33.3 Å². The maximum Gasteiger partial charge on any atom is 0.246 e. The molecule has 1 aliphatic heterocycles. The van der Waals surface area contributed by atoms with Crippen molar-refractivity contribution in [2.24, 2.45) is 0 Å². The number of likely N-dealkylation sites (N-methyl/N-ethyl adjacent to an activating group) is 1. The van der Waals surface area contributed by atoms with E-state index in [9.17, 15) is 18.0 Å². The number of rotatable bonds is 6. The van der Waals surface area contributed by atoms with Gasteiger partial charge in [-0.1, -0.05) is 11.6 Å². The van der Waals surface area contributed by atoms with Crippen LogP contribution >= 0.6 is 11.6 Å². The van der Waals surface area contributed by atoms with Gasteiger partial charge in [-0.25, -0.2) is 13.1 Å². The molecule has 27 heavy (non-hydrogen) atoms. The zero-order valence-corrected chi connectivity index (χ0v) is 17.5. The Morgan fingerprint density at radius 3 is 2.67 bits per heavy atom. The maximum atomic E-state index is 12.2. The molecule has 2 heterocycles. The van der Waals surface area contributed by atoms with Crippen molar-refractivity contribution in [3.8, 4) is 0 Å². The minimum Gasteiger partial charge on any atom is -0.352 e. The summed E-state index contributed by atoms with van der Waals surface area (Å²) >= 11 is 6.37. The predicted octanol–water partition coefficient (Wildman–Crippen LogP) is 1.20. The van der Waals surface area contributed by atoms with Crippen LogP contribution in [0.1, 0.15) is 37.6 Å². The van der Waals surface area contributed by atoms with Crippen molar-refractivity contribution in [3.63, 3.8) is 0 Å². The minimum atomic E-state index is -3.06. The summed E-state index contributed by atoms with van der Waals surface area (Å²) in [5.41, 5.74) is 1.17. The van der Waals surface area contributed by atoms with Gasteiger partial charge in [0.25, 0.3) is 0 Å². The van der Waals surface area contributed by atoms with Crippen LogP contribution in [-0.2, 0) is 19.4 Å². The summed E-state index contributed by atoms with van der Waals surface area (Å²) in [6.07, 6.45) is 3.34. The van der Waals surface area contributed by atoms with Crippen molar-refractivity contribution in [2.45, 2.75) is 39.3 Å². The largest absolute Gasteiger partial charge is 0.352 e. The molecule has 1 saturated heterocycles. The number of hydrogen-bond donors (Lipinski definition) is 1. The Balaban J connectivity index is 2.08. The summed E-state index contributed by atoms with van der Waals surface area (Å²) in [5, 5.41) is 7.37. The molecule has 1 aliphatic rings. The van der Waals surface area contributed by atoms with E-state index in [4.69, 9.17) is 11.6 Å². The van der Waals surface area contributed by atoms with E-state index in [0.717, 1.165) is 0 Å². The van der Waals surface area contributed by atoms with Crippen molar-refractivity contribution >= 4 is 39.3 Å². The summed E-state index contributed by atoms with van der Waals surface area (Å²) in [4.78, 5) is 25.3. The Kier molecular flexibility index (Phi) is 6.69. The van der Waals surface area contributed by atoms with Crippen molar-refractivity contribution < 1.29 is 18.0 Å². The number of hydrogen-bond acceptors (Lipinski definition) is 5. The van der Waals surface area contributed by atoms with Crippen LogP contribution in [0.2, 0.25) is 5.15 Å². The van der Waals surface area contributed by atoms with Crippen molar-refractivity contribution in [1.29, 1.82) is 0 Å². The van der Waals surface area contributed by atoms with Crippen molar-refractivity contribution in [2.75, 3.05) is 25.1 Å². The Labute approximate surface area is 164 Å². The molecule has 0 spiro atoms. The fourth-order valence-electron chi connectivity index (χ4n) is 2.87. The molecule has 8 nitrogen and oxygen atoms in total. The molecule has 0 bridgehead atoms. The van der Waals surface area contributed by atoms with Crippen LogP contribution in [0.3, 0.4) is 0 Å². The zero-order chi connectivity index (χ0) is 20.4. The lowest BCUT2D eigenvalue weighted by Crippen LogP contribution is -2.40. The molecule has 1 aromatic rings. The average Bonchev–Trinajstić information content (AvgIpc) is 3.03. The highest BCUT2D eigenvalue weighted by atomic mass is 35.5. The van der Waals surface area contributed by atoms with Gasteiger partial charge in [-0.3, -0.25) is 9.59 Å². The third-order valence-electron chi connectivity index (χ3n) is 4.22. The van der Waals surface area contributed by atoms with Gasteiger partial charge in [-0.15, -0.1) is 0 Å². The highest BCUT2D eigenvalue weighted by Gasteiger charge is 2.31. The molecule has 0 aliphatic carbocycles. The average molecular weight is 417 g/mol. The predicted molar refractivity (Wildman–Crippen MR) is 104 cm³/mol. The third-order valence-corrected chi connectivity index (χ3v) is 6.35. The maximum absolute atomic E-state index is 12.2. The standard InChI is InChI=1S/C17H25ClN4O4S/c1-11(2)19-15(23)9-21(4)16(24)6-5-14-12(3)20-22(17(14)18)13-7-8-27(25,26)10-13/h5-6,11,13H,7-10H2,1-4H3,(H,19,23)/b6-5+/t13-/m0/s1. The fraction of sp³-hybridized carbons (Fsp3) is 0.588. The first-order valence-corrected chi connectivity index (χ1v) is 10.9. The molecule has 1 fully saturated rings. The summed E-state index contributed by atoms with van der Waals surface area (Å²) in [6, 6.07) is -0.287. The van der Waals surface area contributed by atoms with Gasteiger partial charge in [0, 0.05) is 24.7 Å². The number of halogens is 1. The first-order chi connectivity index (χ1) is 12.5. The number of aromatic nitrogens is 2. The SMILES string of the molecule is Cc1nn([C@H]2CCS(=O)(=O)C2)c(Cl)c1/C=C/C(=O)N(C)CC(=O)NC(C)C. The highest BCUT2D eigenvalue weighted by Crippen LogP contribution is 2.30. The number of nitrogens with zero attached hydrogens (tertiary/aromatic N) is 3. The van der Waals surface area contributed by atoms with E-state index in [1.807, 2.05) is 13.8 Å². The number of amides is 2. The van der Waals surface area contributed by atoms with Gasteiger partial charge in [0.05, 0.1) is 29.8 Å². The Morgan fingerprint density at radius 2 is 2.11 bits per heavy atom. The second-order valence-electron chi connectivity index (χ2n) is 7.04. The van der Waals surface area contributed by atoms with Gasteiger partial charge in [0.15, 0.2) is 9.84 Å². The lowest BCUT2D eigenvalue weighted by molar-refractivity contribution is -0.131. The Morgan fingerprint density at radius 1 is 1.44 bits per heavy atom. The Bertz CT molecular complexity index is 861. The second-order valence-corrected chi connectivity index (χ2v) is 9.63. The van der Waals surface area contributed by atoms with Crippen LogP contribution in [0, 0.1) is 6.92 Å². The number of carbonyl (C=O) groups is 2. The number of sulfone groups is 1. The Hall–Kier alpha value is -1.87. The van der Waals surface area contributed by atoms with Crippen LogP contribution in [0.5, 0.6) is 0 Å². The molecule has 0 aromatic carbocycles. The number of nitrogens with one attached hydrogen (secondary N) is 1. The zero-order valence-electron chi connectivity index (χ0n) is 15.9. The van der Waals surface area contributed by atoms with Gasteiger partial charge >= 0.3 is 0 Å². The molecule has 150 valence electrons. The molecule has 10 heteroatoms. The van der Waals surface area contributed by atoms with Crippen LogP contribution < -0.4 is 5.32 Å². The van der Waals surface area contributed by atoms with E-state index >= 15 is 0 Å². The van der Waals surface area contributed by atoms with Crippen molar-refractivity contribution in [1.82, 2.24) is 20.0 Å². The fourth-order valence-corrected chi connectivity index (χ4v) is 4.94. The molecule has 0 saturated carbocycles. The molecule has 1 atom stereocenters. The van der Waals surface area contributed by atoms with Crippen molar-refractivity contribution in [3.05, 3.63) is 22.5 Å². The normalized spacial score (nSPS) is 19.0. The lowest BCUT2D eigenvalue weighted by atomic mass is 10.2. The highest BCUT2D eigenvalue weighted by molar-refractivity contribution is 7.91. The molecular weight excluding hydrogens is 392 g/mol. The second kappa shape index (κ2) is 8.43. The van der Waals surface area contributed by atoms with E-state index in [0.29, 0.717) is 22.8 Å². The summed E-state index contributed by atoms with van der Waals surface area (Å²) in [6.45, 7) is 5.39. The molecule has 2 amide bonds. The molecule has 0 unspecified atom stereocenters. The van der Waals surface area contributed by atoms with E-state index < -0.39 is 9.84 Å². The lowest BCUT2D eigenvalue weighted by Gasteiger charge is -2.16. The number of carbonyl (C=O) groups excluding carboxylic acids is 2. The van der Waals surface area contributed by atoms with Crippen LogP contribution in [0.4, 0.5) is 0 Å². The van der Waals surface area contributed by atoms with Crippen LogP contribution in [0.15, 0.2) is 6.08 Å². The molecule has 0 radical (unpaired) electrons. The quantitative estimate of drug-likeness (QED) is 0.702. The summed E-state index contributed by atoms with van der Waals surface area (Å²) < 4.78 is 24.9. The van der Waals surface area contributed by atoms with Gasteiger partial charge in [0.1, 0.15) is 5.15 Å². The first-order valence-electron chi connectivity index (χ1n) is 8.67. The van der Waals surface area contributed by atoms with E-state index in [1.54, 1.807) is 13.0 Å². The number of aryl methyl sites for hydroxylation is 1. The smallest absolute Gasteiger partial charge is 0.246 e. The monoisotopic (exact) mass is 416 g/mol. The van der Waals surface area contributed by atoms with E-state index in [1.165, 1.54) is 22.7 Å². The van der Waals surface area contributed by atoms with Crippen LogP contribution in [-0.4, -0.2) is 66.1 Å². The van der Waals surface area contributed by atoms with Gasteiger partial charge < -0.3 is 10.2 Å². The topological polar surface area (TPSA) is 101 Å². The molecular formula is C17H25ClN4O4S. The minimum absolute atomic E-state index is 0.00300. The molecule has 2 rings (SSSR count). The van der Waals surface area contributed by atoms with E-state index in [2.05, 4.69) is 10.4 Å². The summed E-state index contributed by atoms with van der Waals surface area (Å²) in [5.74, 6) is -0.442. The van der Waals surface area contributed by atoms with Crippen LogP contribution in [0.25, 0.3) is 6.08 Å². The molecule has 1 N–H and O–H groups in total. The summed E-state index contributed by atoms with van der Waals surface area (Å²) in [7, 11) is -1.52. The van der Waals surface area contributed by atoms with E-state index in [-0.39, 0.29) is 41.9 Å². The molecule has 1 aromatic heterocycles. The van der Waals surface area contributed by atoms with Gasteiger partial charge in [-0.2, -0.15) is 5.10 Å². The van der Waals surface area contributed by atoms with Gasteiger partial charge in [0.2, 0.25) is 11.8 Å². The first kappa shape index (κ1) is 21.4. The third kappa shape index (κ3) is 5.55.